The minimum Gasteiger partial charge on any atom is -0.353 e. The highest BCUT2D eigenvalue weighted by Gasteiger charge is 2.35. The Bertz CT molecular complexity index is 1410. The Kier molecular flexibility index (Phi) is 16.4. The molecule has 0 spiro atoms. The normalized spacial score (nSPS) is 15.6. The van der Waals surface area contributed by atoms with Crippen molar-refractivity contribution >= 4 is 45.5 Å². The highest BCUT2D eigenvalue weighted by atomic mass is 79.9. The van der Waals surface area contributed by atoms with Crippen LogP contribution in [0.1, 0.15) is 67.8 Å². The van der Waals surface area contributed by atoms with Gasteiger partial charge in [-0.15, -0.1) is 0 Å². The SMILES string of the molecule is C[C@H](NC(=O)[C@H](Cc1ccccc1)NC(=O)c1ccc(Br)cc1)C(=O)N[C@H](C(=O)N[C@@H](CCCC[N+](C)(C)C)C(=O)NCCN)C1CCCC1. The van der Waals surface area contributed by atoms with E-state index in [4.69, 9.17) is 5.73 Å². The zero-order valence-electron chi connectivity index (χ0n) is 29.8. The van der Waals surface area contributed by atoms with Crippen LogP contribution in [0.4, 0.5) is 0 Å². The first-order chi connectivity index (χ1) is 23.8. The van der Waals surface area contributed by atoms with Gasteiger partial charge in [0.2, 0.25) is 23.6 Å². The van der Waals surface area contributed by atoms with Crippen molar-refractivity contribution in [2.75, 3.05) is 40.8 Å². The lowest BCUT2D eigenvalue weighted by Crippen LogP contribution is -2.59. The molecule has 4 atom stereocenters. The monoisotopic (exact) mass is 756 g/mol. The van der Waals surface area contributed by atoms with Crippen molar-refractivity contribution < 1.29 is 28.5 Å². The highest BCUT2D eigenvalue weighted by molar-refractivity contribution is 9.10. The standard InChI is InChI=1S/C37H54BrN7O5/c1-25(41-36(49)31(24-26-12-6-5-7-13-26)43-34(47)28-17-19-29(38)20-18-28)33(46)44-32(27-14-8-9-15-27)37(50)42-30(35(48)40-22-21-39)16-10-11-23-45(2,3)4/h5-7,12-13,17-20,25,27,30-32H,8-11,14-16,21-24,39H2,1-4H3,(H4-,40,41,42,43,44,46,47,48,49,50)/p+1/t25-,30-,31-,32-/m0/s1. The van der Waals surface area contributed by atoms with Crippen molar-refractivity contribution in [3.63, 3.8) is 0 Å². The first-order valence-electron chi connectivity index (χ1n) is 17.6. The number of carbonyl (C=O) groups excluding carboxylic acids is 5. The Balaban J connectivity index is 1.71. The molecule has 5 amide bonds. The van der Waals surface area contributed by atoms with Gasteiger partial charge in [0, 0.05) is 29.5 Å². The molecular formula is C37H55BrN7O5+. The van der Waals surface area contributed by atoms with E-state index < -0.39 is 47.8 Å². The van der Waals surface area contributed by atoms with E-state index in [9.17, 15) is 24.0 Å². The van der Waals surface area contributed by atoms with Crippen molar-refractivity contribution in [2.24, 2.45) is 11.7 Å². The predicted octanol–water partition coefficient (Wildman–Crippen LogP) is 2.41. The highest BCUT2D eigenvalue weighted by Crippen LogP contribution is 2.28. The molecule has 0 saturated heterocycles. The van der Waals surface area contributed by atoms with E-state index in [1.54, 1.807) is 31.2 Å². The summed E-state index contributed by atoms with van der Waals surface area (Å²) in [5, 5.41) is 14.2. The van der Waals surface area contributed by atoms with Gasteiger partial charge >= 0.3 is 0 Å². The van der Waals surface area contributed by atoms with Crippen LogP contribution < -0.4 is 32.3 Å². The number of unbranched alkanes of at least 4 members (excludes halogenated alkanes) is 1. The molecule has 2 aromatic carbocycles. The smallest absolute Gasteiger partial charge is 0.251 e. The molecule has 1 saturated carbocycles. The minimum absolute atomic E-state index is 0.108. The third-order valence-corrected chi connectivity index (χ3v) is 9.39. The zero-order chi connectivity index (χ0) is 36.7. The molecule has 0 bridgehead atoms. The van der Waals surface area contributed by atoms with E-state index in [0.29, 0.717) is 18.5 Å². The number of halogens is 1. The number of nitrogens with two attached hydrogens (primary N) is 1. The van der Waals surface area contributed by atoms with Crippen molar-refractivity contribution in [2.45, 2.75) is 82.5 Å². The molecule has 50 heavy (non-hydrogen) atoms. The third kappa shape index (κ3) is 13.8. The van der Waals surface area contributed by atoms with Crippen molar-refractivity contribution in [3.05, 3.63) is 70.2 Å². The lowest BCUT2D eigenvalue weighted by molar-refractivity contribution is -0.870. The second kappa shape index (κ2) is 20.1. The molecule has 1 aliphatic carbocycles. The van der Waals surface area contributed by atoms with Gasteiger partial charge in [0.15, 0.2) is 0 Å². The number of nitrogens with zero attached hydrogens (tertiary/aromatic N) is 1. The summed E-state index contributed by atoms with van der Waals surface area (Å²) in [6.07, 6.45) is 5.66. The van der Waals surface area contributed by atoms with E-state index in [2.05, 4.69) is 63.7 Å². The quantitative estimate of drug-likeness (QED) is 0.0950. The topological polar surface area (TPSA) is 172 Å². The van der Waals surface area contributed by atoms with Crippen LogP contribution in [0.15, 0.2) is 59.1 Å². The number of benzene rings is 2. The van der Waals surface area contributed by atoms with Gasteiger partial charge < -0.3 is 36.8 Å². The maximum Gasteiger partial charge on any atom is 0.251 e. The number of nitrogens with one attached hydrogen (secondary N) is 5. The lowest BCUT2D eigenvalue weighted by atomic mass is 9.96. The Morgan fingerprint density at radius 3 is 2.08 bits per heavy atom. The molecule has 0 heterocycles. The molecule has 2 aromatic rings. The van der Waals surface area contributed by atoms with Crippen molar-refractivity contribution in [1.82, 2.24) is 26.6 Å². The number of rotatable bonds is 19. The summed E-state index contributed by atoms with van der Waals surface area (Å²) < 4.78 is 1.61. The Hall–Kier alpha value is -3.81. The fourth-order valence-electron chi connectivity index (χ4n) is 6.03. The molecule has 1 fully saturated rings. The van der Waals surface area contributed by atoms with Gasteiger partial charge in [-0.2, -0.15) is 0 Å². The van der Waals surface area contributed by atoms with Gasteiger partial charge in [-0.1, -0.05) is 59.1 Å². The number of hydrogen-bond donors (Lipinski definition) is 6. The van der Waals surface area contributed by atoms with Crippen LogP contribution >= 0.6 is 15.9 Å². The van der Waals surface area contributed by atoms with Crippen LogP contribution in [0.3, 0.4) is 0 Å². The summed E-state index contributed by atoms with van der Waals surface area (Å²) in [4.78, 5) is 67.1. The summed E-state index contributed by atoms with van der Waals surface area (Å²) in [6, 6.07) is 12.4. The molecule has 0 unspecified atom stereocenters. The molecular weight excluding hydrogens is 702 g/mol. The van der Waals surface area contributed by atoms with Gasteiger partial charge in [0.1, 0.15) is 24.2 Å². The van der Waals surface area contributed by atoms with E-state index >= 15 is 0 Å². The maximum absolute atomic E-state index is 13.8. The zero-order valence-corrected chi connectivity index (χ0v) is 31.4. The minimum atomic E-state index is -1.01. The Labute approximate surface area is 304 Å². The second-order valence-corrected chi connectivity index (χ2v) is 15.1. The fraction of sp³-hybridized carbons (Fsp3) is 0.541. The average Bonchev–Trinajstić information content (AvgIpc) is 3.62. The van der Waals surface area contributed by atoms with Crippen molar-refractivity contribution in [1.29, 1.82) is 0 Å². The van der Waals surface area contributed by atoms with E-state index in [-0.39, 0.29) is 24.8 Å². The molecule has 7 N–H and O–H groups in total. The molecule has 274 valence electrons. The van der Waals surface area contributed by atoms with Gasteiger partial charge in [0.25, 0.3) is 5.91 Å². The summed E-state index contributed by atoms with van der Waals surface area (Å²) in [6.45, 7) is 3.04. The lowest BCUT2D eigenvalue weighted by Gasteiger charge is -2.28. The van der Waals surface area contributed by atoms with Gasteiger partial charge in [-0.3, -0.25) is 24.0 Å². The first kappa shape index (κ1) is 40.6. The number of quaternary nitrogens is 1. The second-order valence-electron chi connectivity index (χ2n) is 14.1. The summed E-state index contributed by atoms with van der Waals surface area (Å²) in [5.41, 5.74) is 6.83. The van der Waals surface area contributed by atoms with Crippen LogP contribution in [0.25, 0.3) is 0 Å². The van der Waals surface area contributed by atoms with Gasteiger partial charge in [-0.25, -0.2) is 0 Å². The summed E-state index contributed by atoms with van der Waals surface area (Å²) in [5.74, 6) is -2.33. The maximum atomic E-state index is 13.8. The Morgan fingerprint density at radius 2 is 1.46 bits per heavy atom. The molecule has 1 aliphatic rings. The largest absolute Gasteiger partial charge is 0.353 e. The molecule has 0 aromatic heterocycles. The van der Waals surface area contributed by atoms with E-state index in [1.807, 2.05) is 30.3 Å². The number of hydrogen-bond acceptors (Lipinski definition) is 6. The number of amides is 5. The number of carbonyl (C=O) groups is 5. The Morgan fingerprint density at radius 1 is 0.800 bits per heavy atom. The first-order valence-corrected chi connectivity index (χ1v) is 18.4. The van der Waals surface area contributed by atoms with Crippen molar-refractivity contribution in [3.8, 4) is 0 Å². The van der Waals surface area contributed by atoms with E-state index in [1.165, 1.54) is 0 Å². The molecule has 3 rings (SSSR count). The third-order valence-electron chi connectivity index (χ3n) is 8.86. The van der Waals surface area contributed by atoms with Crippen LogP contribution in [-0.2, 0) is 25.6 Å². The average molecular weight is 758 g/mol. The van der Waals surface area contributed by atoms with Crippen LogP contribution in [0.2, 0.25) is 0 Å². The fourth-order valence-corrected chi connectivity index (χ4v) is 6.30. The van der Waals surface area contributed by atoms with Crippen LogP contribution in [-0.4, -0.2) is 99.0 Å². The predicted molar refractivity (Wildman–Crippen MR) is 198 cm³/mol. The summed E-state index contributed by atoms with van der Waals surface area (Å²) in [7, 11) is 6.32. The van der Waals surface area contributed by atoms with Gasteiger partial charge in [-0.05, 0) is 74.8 Å². The summed E-state index contributed by atoms with van der Waals surface area (Å²) >= 11 is 3.36. The molecule has 13 heteroatoms. The molecule has 0 aliphatic heterocycles. The van der Waals surface area contributed by atoms with Crippen LogP contribution in [0.5, 0.6) is 0 Å². The van der Waals surface area contributed by atoms with Gasteiger partial charge in [0.05, 0.1) is 27.7 Å². The molecule has 12 nitrogen and oxygen atoms in total. The molecule has 0 radical (unpaired) electrons. The van der Waals surface area contributed by atoms with E-state index in [0.717, 1.165) is 59.6 Å². The van der Waals surface area contributed by atoms with Crippen LogP contribution in [0, 0.1) is 5.92 Å².